The van der Waals surface area contributed by atoms with Crippen LogP contribution in [0.3, 0.4) is 0 Å². The number of halogens is 2. The molecule has 6 rings (SSSR count). The van der Waals surface area contributed by atoms with Crippen molar-refractivity contribution in [3.8, 4) is 0 Å². The first kappa shape index (κ1) is 35.1. The van der Waals surface area contributed by atoms with Crippen LogP contribution in [0.15, 0.2) is 113 Å². The lowest BCUT2D eigenvalue weighted by molar-refractivity contribution is -0.110. The van der Waals surface area contributed by atoms with Crippen molar-refractivity contribution in [3.05, 3.63) is 105 Å². The van der Waals surface area contributed by atoms with E-state index in [1.165, 1.54) is 80.9 Å². The minimum atomic E-state index is -0.0259. The van der Waals surface area contributed by atoms with E-state index in [0.29, 0.717) is 0 Å². The monoisotopic (exact) mass is 800 g/mol. The third-order valence-electron chi connectivity index (χ3n) is 8.80. The average molecular weight is 803 g/mol. The smallest absolute Gasteiger partial charge is 0.178 e. The highest BCUT2D eigenvalue weighted by Gasteiger charge is 2.26. The standard InChI is InChI=1S/C41H42Br2N2OS2/c1-3-5-7-9-25-44-34-23-19-29(27-38(34)47-40-32(42)13-11-15-36(40)44)17-21-31(46)22-18-30-20-24-35-39(28-30)48-41-33(43)14-12-16-37(41)45(35)26-10-8-6-4-2/h11-24,27-28H,3-10,25-26H2,1-2H3. The van der Waals surface area contributed by atoms with Crippen LogP contribution in [0.2, 0.25) is 0 Å². The number of nitrogens with zero attached hydrogens (tertiary/aromatic N) is 2. The number of allylic oxidation sites excluding steroid dienone is 2. The molecule has 0 amide bonds. The number of ketones is 1. The summed E-state index contributed by atoms with van der Waals surface area (Å²) < 4.78 is 2.24. The SMILES string of the molecule is CCCCCCN1c2ccc(C=CC(=O)C=Cc3ccc4c(c3)Sc3c(Br)cccc3N4CCCCCC)cc2Sc2c(Br)cccc21. The maximum atomic E-state index is 13.0. The van der Waals surface area contributed by atoms with E-state index in [-0.39, 0.29) is 5.78 Å². The van der Waals surface area contributed by atoms with Crippen LogP contribution in [0.4, 0.5) is 22.7 Å². The molecule has 0 fully saturated rings. The van der Waals surface area contributed by atoms with E-state index in [0.717, 1.165) is 46.0 Å². The van der Waals surface area contributed by atoms with Gasteiger partial charge in [-0.2, -0.15) is 0 Å². The number of hydrogen-bond acceptors (Lipinski definition) is 5. The number of benzene rings is 4. The lowest BCUT2D eigenvalue weighted by Crippen LogP contribution is -2.22. The Hall–Kier alpha value is -2.71. The van der Waals surface area contributed by atoms with Crippen molar-refractivity contribution in [3.63, 3.8) is 0 Å². The first-order chi connectivity index (χ1) is 23.5. The van der Waals surface area contributed by atoms with E-state index in [1.807, 2.05) is 12.2 Å². The molecule has 0 saturated carbocycles. The largest absolute Gasteiger partial charge is 0.340 e. The number of fused-ring (bicyclic) bond motifs is 4. The lowest BCUT2D eigenvalue weighted by Gasteiger charge is -2.33. The Morgan fingerprint density at radius 1 is 0.604 bits per heavy atom. The summed E-state index contributed by atoms with van der Waals surface area (Å²) in [7, 11) is 0. The van der Waals surface area contributed by atoms with Crippen molar-refractivity contribution in [1.29, 1.82) is 0 Å². The van der Waals surface area contributed by atoms with E-state index in [2.05, 4.69) is 128 Å². The van der Waals surface area contributed by atoms with Gasteiger partial charge in [0.15, 0.2) is 5.78 Å². The third kappa shape index (κ3) is 8.18. The molecule has 0 bridgehead atoms. The van der Waals surface area contributed by atoms with Crippen LogP contribution in [0.1, 0.15) is 76.3 Å². The Balaban J connectivity index is 1.16. The van der Waals surface area contributed by atoms with E-state index in [1.54, 1.807) is 35.7 Å². The molecule has 2 aliphatic rings. The molecule has 0 N–H and O–H groups in total. The van der Waals surface area contributed by atoms with Crippen LogP contribution < -0.4 is 9.80 Å². The predicted octanol–water partition coefficient (Wildman–Crippen LogP) is 13.9. The molecule has 48 heavy (non-hydrogen) atoms. The number of rotatable bonds is 14. The summed E-state index contributed by atoms with van der Waals surface area (Å²) in [4.78, 5) is 22.9. The van der Waals surface area contributed by atoms with Gasteiger partial charge in [-0.15, -0.1) is 0 Å². The predicted molar refractivity (Wildman–Crippen MR) is 215 cm³/mol. The molecular weight excluding hydrogens is 760 g/mol. The van der Waals surface area contributed by atoms with Crippen molar-refractivity contribution in [2.45, 2.75) is 84.8 Å². The first-order valence-corrected chi connectivity index (χ1v) is 20.3. The van der Waals surface area contributed by atoms with Crippen molar-refractivity contribution in [1.82, 2.24) is 0 Å². The first-order valence-electron chi connectivity index (χ1n) is 17.1. The zero-order valence-corrected chi connectivity index (χ0v) is 32.5. The van der Waals surface area contributed by atoms with Gasteiger partial charge < -0.3 is 9.80 Å². The van der Waals surface area contributed by atoms with Crippen molar-refractivity contribution in [2.24, 2.45) is 0 Å². The Labute approximate surface area is 311 Å². The average Bonchev–Trinajstić information content (AvgIpc) is 3.10. The van der Waals surface area contributed by atoms with Gasteiger partial charge in [-0.3, -0.25) is 4.79 Å². The van der Waals surface area contributed by atoms with Gasteiger partial charge in [0.25, 0.3) is 0 Å². The van der Waals surface area contributed by atoms with Crippen LogP contribution in [0, 0.1) is 0 Å². The highest BCUT2D eigenvalue weighted by molar-refractivity contribution is 9.10. The Kier molecular flexibility index (Phi) is 12.3. The van der Waals surface area contributed by atoms with Gasteiger partial charge in [0.1, 0.15) is 0 Å². The van der Waals surface area contributed by atoms with E-state index < -0.39 is 0 Å². The molecule has 0 unspecified atom stereocenters. The Morgan fingerprint density at radius 3 is 1.50 bits per heavy atom. The van der Waals surface area contributed by atoms with Gasteiger partial charge >= 0.3 is 0 Å². The van der Waals surface area contributed by atoms with Gasteiger partial charge in [-0.1, -0.05) is 112 Å². The normalized spacial score (nSPS) is 13.5. The van der Waals surface area contributed by atoms with Crippen LogP contribution >= 0.6 is 55.4 Å². The number of carbonyl (C=O) groups is 1. The molecule has 0 radical (unpaired) electrons. The summed E-state index contributed by atoms with van der Waals surface area (Å²) in [6, 6.07) is 26.0. The van der Waals surface area contributed by atoms with Crippen LogP contribution in [-0.4, -0.2) is 18.9 Å². The fourth-order valence-electron chi connectivity index (χ4n) is 6.27. The molecule has 4 aromatic carbocycles. The summed E-state index contributed by atoms with van der Waals surface area (Å²) in [5.41, 5.74) is 7.06. The second-order valence-electron chi connectivity index (χ2n) is 12.3. The molecule has 0 aliphatic carbocycles. The molecule has 0 saturated heterocycles. The van der Waals surface area contributed by atoms with Crippen molar-refractivity contribution in [2.75, 3.05) is 22.9 Å². The van der Waals surface area contributed by atoms with Gasteiger partial charge in [-0.05, 0) is 117 Å². The minimum Gasteiger partial charge on any atom is -0.340 e. The van der Waals surface area contributed by atoms with Crippen LogP contribution in [-0.2, 0) is 4.79 Å². The van der Waals surface area contributed by atoms with Gasteiger partial charge in [0.2, 0.25) is 0 Å². The molecule has 0 atom stereocenters. The lowest BCUT2D eigenvalue weighted by atomic mass is 10.1. The van der Waals surface area contributed by atoms with Gasteiger partial charge in [0, 0.05) is 31.8 Å². The van der Waals surface area contributed by atoms with E-state index in [4.69, 9.17) is 0 Å². The molecule has 248 valence electrons. The fraction of sp³-hybridized carbons (Fsp3) is 0.293. The fourth-order valence-corrected chi connectivity index (χ4v) is 9.76. The maximum Gasteiger partial charge on any atom is 0.178 e. The Morgan fingerprint density at radius 2 is 1.06 bits per heavy atom. The van der Waals surface area contributed by atoms with Crippen LogP contribution in [0.25, 0.3) is 12.2 Å². The van der Waals surface area contributed by atoms with E-state index >= 15 is 0 Å². The number of unbranched alkanes of at least 4 members (excludes halogenated alkanes) is 6. The summed E-state index contributed by atoms with van der Waals surface area (Å²) in [6.07, 6.45) is 17.0. The van der Waals surface area contributed by atoms with E-state index in [9.17, 15) is 4.79 Å². The Bertz CT molecular complexity index is 1700. The molecule has 3 nitrogen and oxygen atoms in total. The van der Waals surface area contributed by atoms with Crippen LogP contribution in [0.5, 0.6) is 0 Å². The molecule has 2 heterocycles. The number of carbonyl (C=O) groups excluding carboxylic acids is 1. The molecular formula is C41H42Br2N2OS2. The molecule has 0 aromatic heterocycles. The van der Waals surface area contributed by atoms with Gasteiger partial charge in [-0.25, -0.2) is 0 Å². The maximum absolute atomic E-state index is 13.0. The summed E-state index contributed by atoms with van der Waals surface area (Å²) in [5.74, 6) is -0.0259. The topological polar surface area (TPSA) is 23.6 Å². The molecule has 0 spiro atoms. The molecule has 7 heteroatoms. The van der Waals surface area contributed by atoms with Gasteiger partial charge in [0.05, 0.1) is 32.5 Å². The second kappa shape index (κ2) is 16.8. The zero-order valence-electron chi connectivity index (χ0n) is 27.7. The van der Waals surface area contributed by atoms with Crippen molar-refractivity contribution >= 4 is 96.1 Å². The summed E-state index contributed by atoms with van der Waals surface area (Å²) in [6.45, 7) is 6.50. The minimum absolute atomic E-state index is 0.0259. The summed E-state index contributed by atoms with van der Waals surface area (Å²) in [5, 5.41) is 0. The summed E-state index contributed by atoms with van der Waals surface area (Å²) >= 11 is 11.2. The zero-order chi connectivity index (χ0) is 33.5. The number of hydrogen-bond donors (Lipinski definition) is 0. The highest BCUT2D eigenvalue weighted by Crippen LogP contribution is 2.52. The van der Waals surface area contributed by atoms with Crippen molar-refractivity contribution < 1.29 is 4.79 Å². The molecule has 4 aromatic rings. The third-order valence-corrected chi connectivity index (χ3v) is 13.0. The second-order valence-corrected chi connectivity index (χ2v) is 16.1. The highest BCUT2D eigenvalue weighted by atomic mass is 79.9. The quantitative estimate of drug-likeness (QED) is 0.0934. The number of anilines is 4. The molecule has 2 aliphatic heterocycles.